The van der Waals surface area contributed by atoms with Gasteiger partial charge < -0.3 is 14.2 Å². The van der Waals surface area contributed by atoms with Gasteiger partial charge in [0.1, 0.15) is 0 Å². The van der Waals surface area contributed by atoms with E-state index in [1.54, 1.807) is 9.13 Å². The summed E-state index contributed by atoms with van der Waals surface area (Å²) in [6, 6.07) is 17.2. The van der Waals surface area contributed by atoms with Crippen molar-refractivity contribution in [3.05, 3.63) is 84.9 Å². The van der Waals surface area contributed by atoms with Crippen molar-refractivity contribution in [1.29, 1.82) is 0 Å². The van der Waals surface area contributed by atoms with Crippen molar-refractivity contribution in [2.24, 2.45) is 0 Å². The molecule has 2 aromatic heterocycles. The summed E-state index contributed by atoms with van der Waals surface area (Å²) < 4.78 is 3.56. The Hall–Kier alpha value is -2.26. The van der Waals surface area contributed by atoms with Crippen LogP contribution in [0.25, 0.3) is 0 Å². The van der Waals surface area contributed by atoms with Crippen LogP contribution in [0.5, 0.6) is 0 Å². The number of nitrogens with zero attached hydrogens (tertiary/aromatic N) is 2. The van der Waals surface area contributed by atoms with E-state index >= 15 is 0 Å². The Balaban J connectivity index is 2.22. The van der Waals surface area contributed by atoms with Gasteiger partial charge >= 0.3 is 0 Å². The molecule has 0 fully saturated rings. The Morgan fingerprint density at radius 1 is 0.667 bits per heavy atom. The lowest BCUT2D eigenvalue weighted by Gasteiger charge is -2.32. The van der Waals surface area contributed by atoms with Crippen LogP contribution in [0.1, 0.15) is 5.56 Å². The highest BCUT2D eigenvalue weighted by Gasteiger charge is 2.31. The quantitative estimate of drug-likeness (QED) is 0.746. The van der Waals surface area contributed by atoms with Crippen LogP contribution in [0, 0.1) is 0 Å². The van der Waals surface area contributed by atoms with Crippen molar-refractivity contribution >= 4 is 0 Å². The first-order chi connectivity index (χ1) is 8.82. The van der Waals surface area contributed by atoms with Crippen molar-refractivity contribution < 1.29 is 5.11 Å². The van der Waals surface area contributed by atoms with E-state index in [2.05, 4.69) is 0 Å². The first kappa shape index (κ1) is 10.9. The molecule has 0 saturated carbocycles. The second kappa shape index (κ2) is 4.20. The van der Waals surface area contributed by atoms with Crippen LogP contribution >= 0.6 is 0 Å². The van der Waals surface area contributed by atoms with Gasteiger partial charge in [-0.3, -0.25) is 0 Å². The van der Waals surface area contributed by atoms with Crippen LogP contribution < -0.4 is 0 Å². The lowest BCUT2D eigenvalue weighted by atomic mass is 10.1. The van der Waals surface area contributed by atoms with E-state index in [-0.39, 0.29) is 0 Å². The lowest BCUT2D eigenvalue weighted by molar-refractivity contribution is -0.0245. The average molecular weight is 238 g/mol. The van der Waals surface area contributed by atoms with Crippen molar-refractivity contribution in [2.75, 3.05) is 0 Å². The first-order valence-electron chi connectivity index (χ1n) is 5.86. The van der Waals surface area contributed by atoms with E-state index in [0.29, 0.717) is 0 Å². The second-order valence-electron chi connectivity index (χ2n) is 4.18. The molecule has 0 amide bonds. The summed E-state index contributed by atoms with van der Waals surface area (Å²) in [5.41, 5.74) is 0.817. The summed E-state index contributed by atoms with van der Waals surface area (Å²) in [5.74, 6) is -1.23. The van der Waals surface area contributed by atoms with Gasteiger partial charge in [-0.1, -0.05) is 30.3 Å². The molecular formula is C15H14N2O. The van der Waals surface area contributed by atoms with Gasteiger partial charge in [-0.15, -0.1) is 0 Å². The van der Waals surface area contributed by atoms with Gasteiger partial charge in [0.15, 0.2) is 0 Å². The van der Waals surface area contributed by atoms with Crippen molar-refractivity contribution in [2.45, 2.75) is 5.85 Å². The van der Waals surface area contributed by atoms with Crippen LogP contribution in [0.15, 0.2) is 79.4 Å². The predicted molar refractivity (Wildman–Crippen MR) is 70.0 cm³/mol. The highest BCUT2D eigenvalue weighted by atomic mass is 16.3. The molecule has 0 aliphatic heterocycles. The molecule has 1 N–H and O–H groups in total. The highest BCUT2D eigenvalue weighted by Crippen LogP contribution is 2.25. The van der Waals surface area contributed by atoms with Gasteiger partial charge in [0.25, 0.3) is 5.85 Å². The molecule has 0 spiro atoms. The fourth-order valence-electron chi connectivity index (χ4n) is 2.18. The Labute approximate surface area is 106 Å². The fraction of sp³-hybridized carbons (Fsp3) is 0.0667. The molecule has 0 unspecified atom stereocenters. The van der Waals surface area contributed by atoms with E-state index in [4.69, 9.17) is 0 Å². The largest absolute Gasteiger partial charge is 0.350 e. The molecule has 3 heteroatoms. The molecule has 0 radical (unpaired) electrons. The number of aromatic nitrogens is 2. The minimum atomic E-state index is -1.23. The van der Waals surface area contributed by atoms with E-state index in [0.717, 1.165) is 5.56 Å². The minimum absolute atomic E-state index is 0.817. The number of rotatable bonds is 3. The topological polar surface area (TPSA) is 30.1 Å². The van der Waals surface area contributed by atoms with Gasteiger partial charge in [0, 0.05) is 30.4 Å². The van der Waals surface area contributed by atoms with Crippen LogP contribution in [-0.2, 0) is 5.85 Å². The van der Waals surface area contributed by atoms with E-state index in [1.165, 1.54) is 0 Å². The standard InChI is InChI=1S/C15H14N2O/c18-15(16-10-4-5-11-16,17-12-6-7-13-17)14-8-2-1-3-9-14/h1-13,18H. The molecule has 0 atom stereocenters. The van der Waals surface area contributed by atoms with Crippen molar-refractivity contribution in [1.82, 2.24) is 9.13 Å². The maximum absolute atomic E-state index is 11.1. The van der Waals surface area contributed by atoms with Crippen molar-refractivity contribution in [3.8, 4) is 0 Å². The molecule has 3 nitrogen and oxygen atoms in total. The molecule has 18 heavy (non-hydrogen) atoms. The normalized spacial score (nSPS) is 11.6. The summed E-state index contributed by atoms with van der Waals surface area (Å²) >= 11 is 0. The Bertz CT molecular complexity index is 563. The molecule has 0 aliphatic carbocycles. The van der Waals surface area contributed by atoms with Gasteiger partial charge in [0.05, 0.1) is 0 Å². The Morgan fingerprint density at radius 2 is 1.11 bits per heavy atom. The maximum atomic E-state index is 11.1. The minimum Gasteiger partial charge on any atom is -0.350 e. The summed E-state index contributed by atoms with van der Waals surface area (Å²) in [7, 11) is 0. The molecule has 0 bridgehead atoms. The summed E-state index contributed by atoms with van der Waals surface area (Å²) in [6.45, 7) is 0. The number of benzene rings is 1. The molecule has 1 aromatic carbocycles. The maximum Gasteiger partial charge on any atom is 0.253 e. The van der Waals surface area contributed by atoms with E-state index in [1.807, 2.05) is 79.4 Å². The van der Waals surface area contributed by atoms with Gasteiger partial charge in [-0.05, 0) is 24.3 Å². The van der Waals surface area contributed by atoms with Crippen LogP contribution in [0.2, 0.25) is 0 Å². The van der Waals surface area contributed by atoms with E-state index < -0.39 is 5.85 Å². The lowest BCUT2D eigenvalue weighted by Crippen LogP contribution is -2.40. The Morgan fingerprint density at radius 3 is 1.56 bits per heavy atom. The molecular weight excluding hydrogens is 224 g/mol. The molecule has 90 valence electrons. The first-order valence-corrected chi connectivity index (χ1v) is 5.86. The van der Waals surface area contributed by atoms with Crippen LogP contribution in [0.3, 0.4) is 0 Å². The number of hydrogen-bond acceptors (Lipinski definition) is 1. The van der Waals surface area contributed by atoms with E-state index in [9.17, 15) is 5.11 Å². The van der Waals surface area contributed by atoms with Crippen LogP contribution in [0.4, 0.5) is 0 Å². The molecule has 0 aliphatic rings. The zero-order chi connectivity index (χ0) is 12.4. The fourth-order valence-corrected chi connectivity index (χ4v) is 2.18. The average Bonchev–Trinajstić information content (AvgIpc) is 3.12. The molecule has 2 heterocycles. The third-order valence-corrected chi connectivity index (χ3v) is 3.09. The molecule has 3 rings (SSSR count). The summed E-state index contributed by atoms with van der Waals surface area (Å²) in [5, 5.41) is 11.1. The Kier molecular flexibility index (Phi) is 2.54. The SMILES string of the molecule is OC(c1ccccc1)(n1cccc1)n1cccc1. The summed E-state index contributed by atoms with van der Waals surface area (Å²) in [6.07, 6.45) is 7.42. The predicted octanol–water partition coefficient (Wildman–Crippen LogP) is 2.49. The third kappa shape index (κ3) is 1.57. The molecule has 3 aromatic rings. The monoisotopic (exact) mass is 238 g/mol. The third-order valence-electron chi connectivity index (χ3n) is 3.09. The number of hydrogen-bond donors (Lipinski definition) is 1. The zero-order valence-corrected chi connectivity index (χ0v) is 9.85. The van der Waals surface area contributed by atoms with Crippen molar-refractivity contribution in [3.63, 3.8) is 0 Å². The van der Waals surface area contributed by atoms with Gasteiger partial charge in [0.2, 0.25) is 0 Å². The smallest absolute Gasteiger partial charge is 0.253 e. The molecule has 0 saturated heterocycles. The van der Waals surface area contributed by atoms with Gasteiger partial charge in [-0.2, -0.15) is 0 Å². The zero-order valence-electron chi connectivity index (χ0n) is 9.85. The van der Waals surface area contributed by atoms with Gasteiger partial charge in [-0.25, -0.2) is 0 Å². The number of aliphatic hydroxyl groups is 1. The summed E-state index contributed by atoms with van der Waals surface area (Å²) in [4.78, 5) is 0. The highest BCUT2D eigenvalue weighted by molar-refractivity contribution is 5.24. The second-order valence-corrected chi connectivity index (χ2v) is 4.18. The van der Waals surface area contributed by atoms with Crippen LogP contribution in [-0.4, -0.2) is 14.2 Å².